The van der Waals surface area contributed by atoms with Crippen LogP contribution >= 0.6 is 11.3 Å². The highest BCUT2D eigenvalue weighted by atomic mass is 32.1. The molecule has 1 aliphatic carbocycles. The molecular formula is C17H14N2S. The Morgan fingerprint density at radius 2 is 1.85 bits per heavy atom. The quantitative estimate of drug-likeness (QED) is 0.714. The maximum Gasteiger partial charge on any atom is 0.104 e. The van der Waals surface area contributed by atoms with Gasteiger partial charge in [0.25, 0.3) is 0 Å². The van der Waals surface area contributed by atoms with Crippen molar-refractivity contribution in [2.45, 2.75) is 18.3 Å². The van der Waals surface area contributed by atoms with E-state index >= 15 is 0 Å². The van der Waals surface area contributed by atoms with E-state index in [1.807, 2.05) is 12.3 Å². The van der Waals surface area contributed by atoms with E-state index in [-0.39, 0.29) is 5.41 Å². The molecule has 1 aromatic carbocycles. The number of rotatable bonds is 3. The van der Waals surface area contributed by atoms with Gasteiger partial charge in [-0.3, -0.25) is 4.98 Å². The lowest BCUT2D eigenvalue weighted by molar-refractivity contribution is 0.834. The maximum absolute atomic E-state index is 4.87. The Balaban J connectivity index is 1.73. The molecular weight excluding hydrogens is 264 g/mol. The molecule has 0 bridgehead atoms. The zero-order chi connectivity index (χ0) is 13.4. The van der Waals surface area contributed by atoms with E-state index in [9.17, 15) is 0 Å². The largest absolute Gasteiger partial charge is 0.264 e. The Kier molecular flexibility index (Phi) is 2.67. The molecule has 2 aromatic heterocycles. The van der Waals surface area contributed by atoms with Crippen molar-refractivity contribution in [3.05, 3.63) is 70.8 Å². The maximum atomic E-state index is 4.87. The number of hydrogen-bond donors (Lipinski definition) is 0. The first-order valence-corrected chi connectivity index (χ1v) is 7.68. The zero-order valence-corrected chi connectivity index (χ0v) is 11.8. The highest BCUT2D eigenvalue weighted by Gasteiger charge is 2.48. The van der Waals surface area contributed by atoms with Gasteiger partial charge in [0.05, 0.1) is 5.69 Å². The SMILES string of the molecule is c1ccc(C2(c3nc(-c4cccnc4)cs3)CC2)cc1. The molecule has 3 heteroatoms. The second-order valence-electron chi connectivity index (χ2n) is 5.23. The van der Waals surface area contributed by atoms with Gasteiger partial charge >= 0.3 is 0 Å². The average Bonchev–Trinajstić information content (AvgIpc) is 3.19. The summed E-state index contributed by atoms with van der Waals surface area (Å²) in [6.45, 7) is 0. The van der Waals surface area contributed by atoms with Gasteiger partial charge < -0.3 is 0 Å². The van der Waals surface area contributed by atoms with Crippen LogP contribution in [0.2, 0.25) is 0 Å². The van der Waals surface area contributed by atoms with Gasteiger partial charge in [0.15, 0.2) is 0 Å². The van der Waals surface area contributed by atoms with E-state index in [4.69, 9.17) is 4.98 Å². The van der Waals surface area contributed by atoms with Gasteiger partial charge in [0.2, 0.25) is 0 Å². The minimum absolute atomic E-state index is 0.173. The third-order valence-electron chi connectivity index (χ3n) is 3.95. The molecule has 0 amide bonds. The van der Waals surface area contributed by atoms with Gasteiger partial charge in [0.1, 0.15) is 5.01 Å². The van der Waals surface area contributed by atoms with Gasteiger partial charge in [-0.1, -0.05) is 30.3 Å². The van der Waals surface area contributed by atoms with Crippen LogP contribution in [0.1, 0.15) is 23.4 Å². The number of thiazole rings is 1. The van der Waals surface area contributed by atoms with Gasteiger partial charge in [0, 0.05) is 28.8 Å². The first-order valence-electron chi connectivity index (χ1n) is 6.80. The Labute approximate surface area is 122 Å². The monoisotopic (exact) mass is 278 g/mol. The smallest absolute Gasteiger partial charge is 0.104 e. The minimum Gasteiger partial charge on any atom is -0.264 e. The van der Waals surface area contributed by atoms with Crippen LogP contribution in [0, 0.1) is 0 Å². The summed E-state index contributed by atoms with van der Waals surface area (Å²) >= 11 is 1.77. The van der Waals surface area contributed by atoms with Crippen LogP contribution in [0.3, 0.4) is 0 Å². The Morgan fingerprint density at radius 1 is 1.00 bits per heavy atom. The van der Waals surface area contributed by atoms with E-state index in [0.717, 1.165) is 11.3 Å². The first-order chi connectivity index (χ1) is 9.88. The predicted octanol–water partition coefficient (Wildman–Crippen LogP) is 4.29. The highest BCUT2D eigenvalue weighted by molar-refractivity contribution is 7.10. The van der Waals surface area contributed by atoms with Crippen LogP contribution in [0.25, 0.3) is 11.3 Å². The molecule has 0 N–H and O–H groups in total. The first kappa shape index (κ1) is 11.8. The average molecular weight is 278 g/mol. The summed E-state index contributed by atoms with van der Waals surface area (Å²) in [5.74, 6) is 0. The molecule has 1 fully saturated rings. The topological polar surface area (TPSA) is 25.8 Å². The van der Waals surface area contributed by atoms with Gasteiger partial charge in [-0.2, -0.15) is 0 Å². The van der Waals surface area contributed by atoms with Crippen LogP contribution in [0.15, 0.2) is 60.2 Å². The van der Waals surface area contributed by atoms with E-state index < -0.39 is 0 Å². The molecule has 0 spiro atoms. The zero-order valence-electron chi connectivity index (χ0n) is 11.0. The molecule has 2 heterocycles. The number of benzene rings is 1. The van der Waals surface area contributed by atoms with E-state index in [0.29, 0.717) is 0 Å². The van der Waals surface area contributed by atoms with Gasteiger partial charge in [-0.25, -0.2) is 4.98 Å². The second kappa shape index (κ2) is 4.53. The summed E-state index contributed by atoms with van der Waals surface area (Å²) in [5.41, 5.74) is 3.71. The number of pyridine rings is 1. The van der Waals surface area contributed by atoms with Crippen LogP contribution in [0.5, 0.6) is 0 Å². The summed E-state index contributed by atoms with van der Waals surface area (Å²) in [4.78, 5) is 9.04. The van der Waals surface area contributed by atoms with Crippen molar-refractivity contribution >= 4 is 11.3 Å². The molecule has 4 rings (SSSR count). The summed E-state index contributed by atoms with van der Waals surface area (Å²) < 4.78 is 0. The normalized spacial score (nSPS) is 16.0. The predicted molar refractivity (Wildman–Crippen MR) is 81.8 cm³/mol. The van der Waals surface area contributed by atoms with Crippen molar-refractivity contribution < 1.29 is 0 Å². The van der Waals surface area contributed by atoms with Gasteiger partial charge in [-0.05, 0) is 30.5 Å². The molecule has 0 atom stereocenters. The van der Waals surface area contributed by atoms with Crippen molar-refractivity contribution in [1.82, 2.24) is 9.97 Å². The molecule has 98 valence electrons. The standard InChI is InChI=1S/C17H14N2S/c1-2-6-14(7-3-1)17(8-9-17)16-19-15(12-20-16)13-5-4-10-18-11-13/h1-7,10-12H,8-9H2. The molecule has 20 heavy (non-hydrogen) atoms. The van der Waals surface area contributed by atoms with Crippen LogP contribution in [-0.4, -0.2) is 9.97 Å². The molecule has 0 saturated heterocycles. The van der Waals surface area contributed by atoms with Crippen molar-refractivity contribution in [3.63, 3.8) is 0 Å². The fraction of sp³-hybridized carbons (Fsp3) is 0.176. The van der Waals surface area contributed by atoms with Crippen molar-refractivity contribution in [2.75, 3.05) is 0 Å². The summed E-state index contributed by atoms with van der Waals surface area (Å²) in [6.07, 6.45) is 6.08. The molecule has 1 saturated carbocycles. The fourth-order valence-electron chi connectivity index (χ4n) is 2.65. The van der Waals surface area contributed by atoms with E-state index in [1.165, 1.54) is 23.4 Å². The summed E-state index contributed by atoms with van der Waals surface area (Å²) in [5, 5.41) is 3.39. The molecule has 2 nitrogen and oxygen atoms in total. The van der Waals surface area contributed by atoms with Crippen molar-refractivity contribution in [1.29, 1.82) is 0 Å². The van der Waals surface area contributed by atoms with Crippen LogP contribution < -0.4 is 0 Å². The van der Waals surface area contributed by atoms with Gasteiger partial charge in [-0.15, -0.1) is 11.3 Å². The lowest BCUT2D eigenvalue weighted by Crippen LogP contribution is -2.07. The Hall–Kier alpha value is -2.00. The Bertz CT molecular complexity index is 715. The molecule has 0 unspecified atom stereocenters. The van der Waals surface area contributed by atoms with Crippen LogP contribution in [0.4, 0.5) is 0 Å². The fourth-order valence-corrected chi connectivity index (χ4v) is 3.76. The highest BCUT2D eigenvalue weighted by Crippen LogP contribution is 2.54. The number of hydrogen-bond acceptors (Lipinski definition) is 3. The van der Waals surface area contributed by atoms with E-state index in [2.05, 4.69) is 46.8 Å². The minimum atomic E-state index is 0.173. The third-order valence-corrected chi connectivity index (χ3v) is 4.99. The molecule has 3 aromatic rings. The molecule has 1 aliphatic rings. The molecule has 0 radical (unpaired) electrons. The molecule has 0 aliphatic heterocycles. The Morgan fingerprint density at radius 3 is 2.55 bits per heavy atom. The second-order valence-corrected chi connectivity index (χ2v) is 6.09. The lowest BCUT2D eigenvalue weighted by atomic mass is 9.97. The number of nitrogens with zero attached hydrogens (tertiary/aromatic N) is 2. The van der Waals surface area contributed by atoms with Crippen molar-refractivity contribution in [3.8, 4) is 11.3 Å². The lowest BCUT2D eigenvalue weighted by Gasteiger charge is -2.12. The third kappa shape index (κ3) is 1.86. The van der Waals surface area contributed by atoms with Crippen LogP contribution in [-0.2, 0) is 5.41 Å². The van der Waals surface area contributed by atoms with E-state index in [1.54, 1.807) is 17.5 Å². The summed E-state index contributed by atoms with van der Waals surface area (Å²) in [6, 6.07) is 14.8. The number of aromatic nitrogens is 2. The summed E-state index contributed by atoms with van der Waals surface area (Å²) in [7, 11) is 0. The van der Waals surface area contributed by atoms with Crippen molar-refractivity contribution in [2.24, 2.45) is 0 Å².